The second-order valence-corrected chi connectivity index (χ2v) is 4.24. The molecule has 2 rings (SSSR count). The summed E-state index contributed by atoms with van der Waals surface area (Å²) in [4.78, 5) is 15.4. The molecule has 0 spiro atoms. The highest BCUT2D eigenvalue weighted by Gasteiger charge is 2.40. The second-order valence-electron chi connectivity index (χ2n) is 4.24. The molecule has 0 unspecified atom stereocenters. The van der Waals surface area contributed by atoms with Crippen molar-refractivity contribution in [2.45, 2.75) is 19.3 Å². The highest BCUT2D eigenvalue weighted by atomic mass is 16.5. The van der Waals surface area contributed by atoms with Crippen LogP contribution in [0, 0.1) is 5.41 Å². The van der Waals surface area contributed by atoms with Crippen LogP contribution in [-0.2, 0) is 16.0 Å². The molecule has 1 aliphatic rings. The Kier molecular flexibility index (Phi) is 3.19. The van der Waals surface area contributed by atoms with Crippen LogP contribution in [0.25, 0.3) is 0 Å². The van der Waals surface area contributed by atoms with Gasteiger partial charge in [0.1, 0.15) is 0 Å². The number of hydrogen-bond acceptors (Lipinski definition) is 3. The number of carboxylic acids is 1. The van der Waals surface area contributed by atoms with E-state index in [0.717, 1.165) is 5.56 Å². The van der Waals surface area contributed by atoms with Crippen molar-refractivity contribution in [3.05, 3.63) is 30.1 Å². The van der Waals surface area contributed by atoms with Crippen LogP contribution in [0.2, 0.25) is 0 Å². The standard InChI is InChI=1S/C12H15NO3/c14-11(15)12(3-6-16-7-4-12)8-10-2-1-5-13-9-10/h1-2,5,9H,3-4,6-8H2,(H,14,15). The van der Waals surface area contributed by atoms with Crippen LogP contribution >= 0.6 is 0 Å². The number of nitrogens with zero attached hydrogens (tertiary/aromatic N) is 1. The molecular formula is C12H15NO3. The van der Waals surface area contributed by atoms with Crippen LogP contribution in [0.5, 0.6) is 0 Å². The fourth-order valence-corrected chi connectivity index (χ4v) is 2.12. The summed E-state index contributed by atoms with van der Waals surface area (Å²) in [5.74, 6) is -0.723. The molecule has 4 heteroatoms. The largest absolute Gasteiger partial charge is 0.481 e. The molecule has 16 heavy (non-hydrogen) atoms. The molecule has 0 aliphatic carbocycles. The molecule has 0 atom stereocenters. The Balaban J connectivity index is 2.17. The monoisotopic (exact) mass is 221 g/mol. The maximum Gasteiger partial charge on any atom is 0.310 e. The second kappa shape index (κ2) is 4.61. The summed E-state index contributed by atoms with van der Waals surface area (Å²) in [6.45, 7) is 1.07. The first-order valence-corrected chi connectivity index (χ1v) is 5.43. The van der Waals surface area contributed by atoms with E-state index in [1.807, 2.05) is 12.1 Å². The van der Waals surface area contributed by atoms with Crippen LogP contribution in [-0.4, -0.2) is 29.3 Å². The average Bonchev–Trinajstić information content (AvgIpc) is 2.31. The highest BCUT2D eigenvalue weighted by Crippen LogP contribution is 2.34. The van der Waals surface area contributed by atoms with E-state index in [1.165, 1.54) is 0 Å². The van der Waals surface area contributed by atoms with Gasteiger partial charge in [-0.2, -0.15) is 0 Å². The summed E-state index contributed by atoms with van der Waals surface area (Å²) >= 11 is 0. The lowest BCUT2D eigenvalue weighted by atomic mass is 9.75. The molecule has 0 bridgehead atoms. The van der Waals surface area contributed by atoms with Gasteiger partial charge in [0.05, 0.1) is 5.41 Å². The molecule has 0 radical (unpaired) electrons. The van der Waals surface area contributed by atoms with E-state index in [-0.39, 0.29) is 0 Å². The lowest BCUT2D eigenvalue weighted by molar-refractivity contribution is -0.154. The fraction of sp³-hybridized carbons (Fsp3) is 0.500. The third kappa shape index (κ3) is 2.22. The molecule has 1 aromatic heterocycles. The molecule has 86 valence electrons. The van der Waals surface area contributed by atoms with E-state index in [4.69, 9.17) is 4.74 Å². The van der Waals surface area contributed by atoms with Crippen molar-refractivity contribution in [1.29, 1.82) is 0 Å². The quantitative estimate of drug-likeness (QED) is 0.840. The molecular weight excluding hydrogens is 206 g/mol. The van der Waals surface area contributed by atoms with Crippen LogP contribution in [0.15, 0.2) is 24.5 Å². The number of pyridine rings is 1. The normalized spacial score (nSPS) is 19.2. The first kappa shape index (κ1) is 11.1. The summed E-state index contributed by atoms with van der Waals surface area (Å²) in [7, 11) is 0. The Morgan fingerprint density at radius 2 is 2.25 bits per heavy atom. The van der Waals surface area contributed by atoms with Crippen LogP contribution < -0.4 is 0 Å². The summed E-state index contributed by atoms with van der Waals surface area (Å²) < 4.78 is 5.23. The van der Waals surface area contributed by atoms with E-state index in [0.29, 0.717) is 32.5 Å². The molecule has 2 heterocycles. The minimum Gasteiger partial charge on any atom is -0.481 e. The number of carboxylic acid groups (broad SMARTS) is 1. The highest BCUT2D eigenvalue weighted by molar-refractivity contribution is 5.75. The van der Waals surface area contributed by atoms with Crippen molar-refractivity contribution in [3.63, 3.8) is 0 Å². The Hall–Kier alpha value is -1.42. The number of hydrogen-bond donors (Lipinski definition) is 1. The molecule has 0 amide bonds. The Morgan fingerprint density at radius 1 is 1.50 bits per heavy atom. The van der Waals surface area contributed by atoms with Crippen molar-refractivity contribution in [1.82, 2.24) is 4.98 Å². The molecule has 1 aromatic rings. The Bertz CT molecular complexity index is 358. The van der Waals surface area contributed by atoms with Crippen molar-refractivity contribution < 1.29 is 14.6 Å². The third-order valence-corrected chi connectivity index (χ3v) is 3.17. The molecule has 1 fully saturated rings. The molecule has 0 saturated carbocycles. The predicted molar refractivity (Wildman–Crippen MR) is 58.1 cm³/mol. The van der Waals surface area contributed by atoms with Gasteiger partial charge < -0.3 is 9.84 Å². The van der Waals surface area contributed by atoms with Crippen molar-refractivity contribution >= 4 is 5.97 Å². The lowest BCUT2D eigenvalue weighted by Crippen LogP contribution is -2.39. The number of ether oxygens (including phenoxy) is 1. The van der Waals surface area contributed by atoms with Crippen molar-refractivity contribution in [3.8, 4) is 0 Å². The van der Waals surface area contributed by atoms with E-state index >= 15 is 0 Å². The van der Waals surface area contributed by atoms with Gasteiger partial charge in [-0.3, -0.25) is 9.78 Å². The minimum absolute atomic E-state index is 0.534. The summed E-state index contributed by atoms with van der Waals surface area (Å²) in [5.41, 5.74) is 0.313. The number of aromatic nitrogens is 1. The number of aliphatic carboxylic acids is 1. The summed E-state index contributed by atoms with van der Waals surface area (Å²) in [5, 5.41) is 9.37. The van der Waals surface area contributed by atoms with E-state index < -0.39 is 11.4 Å². The number of rotatable bonds is 3. The summed E-state index contributed by atoms with van der Waals surface area (Å²) in [6.07, 6.45) is 5.13. The number of carbonyl (C=O) groups is 1. The predicted octanol–water partition coefficient (Wildman–Crippen LogP) is 1.51. The van der Waals surface area contributed by atoms with Gasteiger partial charge in [0.15, 0.2) is 0 Å². The maximum atomic E-state index is 11.4. The fourth-order valence-electron chi connectivity index (χ4n) is 2.12. The van der Waals surface area contributed by atoms with Crippen LogP contribution in [0.1, 0.15) is 18.4 Å². The first-order valence-electron chi connectivity index (χ1n) is 5.43. The maximum absolute atomic E-state index is 11.4. The van der Waals surface area contributed by atoms with Gasteiger partial charge in [-0.15, -0.1) is 0 Å². The zero-order chi connectivity index (χ0) is 11.4. The van der Waals surface area contributed by atoms with Crippen LogP contribution in [0.3, 0.4) is 0 Å². The third-order valence-electron chi connectivity index (χ3n) is 3.17. The van der Waals surface area contributed by atoms with Gasteiger partial charge in [0.25, 0.3) is 0 Å². The van der Waals surface area contributed by atoms with Gasteiger partial charge in [-0.1, -0.05) is 6.07 Å². The van der Waals surface area contributed by atoms with Crippen molar-refractivity contribution in [2.75, 3.05) is 13.2 Å². The van der Waals surface area contributed by atoms with Gasteiger partial charge in [-0.05, 0) is 30.9 Å². The van der Waals surface area contributed by atoms with Crippen molar-refractivity contribution in [2.24, 2.45) is 5.41 Å². The van der Waals surface area contributed by atoms with Gasteiger partial charge in [0.2, 0.25) is 0 Å². The lowest BCUT2D eigenvalue weighted by Gasteiger charge is -2.33. The van der Waals surface area contributed by atoms with E-state index in [2.05, 4.69) is 4.98 Å². The smallest absolute Gasteiger partial charge is 0.310 e. The Labute approximate surface area is 94.3 Å². The molecule has 4 nitrogen and oxygen atoms in total. The van der Waals surface area contributed by atoms with Gasteiger partial charge in [0, 0.05) is 25.6 Å². The molecule has 0 aromatic carbocycles. The van der Waals surface area contributed by atoms with E-state index in [1.54, 1.807) is 12.4 Å². The summed E-state index contributed by atoms with van der Waals surface area (Å²) in [6, 6.07) is 3.76. The molecule has 1 N–H and O–H groups in total. The first-order chi connectivity index (χ1) is 7.73. The zero-order valence-corrected chi connectivity index (χ0v) is 9.06. The SMILES string of the molecule is O=C(O)C1(Cc2cccnc2)CCOCC1. The minimum atomic E-state index is -0.723. The van der Waals surface area contributed by atoms with E-state index in [9.17, 15) is 9.90 Å². The van der Waals surface area contributed by atoms with Gasteiger partial charge in [-0.25, -0.2) is 0 Å². The Morgan fingerprint density at radius 3 is 2.81 bits per heavy atom. The zero-order valence-electron chi connectivity index (χ0n) is 9.06. The van der Waals surface area contributed by atoms with Crippen LogP contribution in [0.4, 0.5) is 0 Å². The average molecular weight is 221 g/mol. The van der Waals surface area contributed by atoms with Gasteiger partial charge >= 0.3 is 5.97 Å². The molecule has 1 aliphatic heterocycles. The topological polar surface area (TPSA) is 59.4 Å². The molecule has 1 saturated heterocycles.